The summed E-state index contributed by atoms with van der Waals surface area (Å²) in [5, 5.41) is 9.40. The topological polar surface area (TPSA) is 68.2 Å². The Morgan fingerprint density at radius 1 is 1.19 bits per heavy atom. The number of aryl methyl sites for hydroxylation is 1. The van der Waals surface area contributed by atoms with Gasteiger partial charge in [-0.2, -0.15) is 13.2 Å². The lowest BCUT2D eigenvalue weighted by atomic mass is 9.94. The van der Waals surface area contributed by atoms with Crippen LogP contribution in [-0.4, -0.2) is 48.8 Å². The first-order valence-electron chi connectivity index (χ1n) is 10.5. The average molecular weight is 451 g/mol. The van der Waals surface area contributed by atoms with Crippen molar-refractivity contribution in [3.8, 4) is 5.75 Å². The highest BCUT2D eigenvalue weighted by Gasteiger charge is 2.45. The smallest absolute Gasteiger partial charge is 0.415 e. The molecule has 0 saturated carbocycles. The fourth-order valence-electron chi connectivity index (χ4n) is 4.10. The summed E-state index contributed by atoms with van der Waals surface area (Å²) in [6.07, 6.45) is -6.57. The van der Waals surface area contributed by atoms with Gasteiger partial charge in [-0.1, -0.05) is 30.3 Å². The molecule has 1 unspecified atom stereocenters. The minimum absolute atomic E-state index is 0.133. The number of rotatable bonds is 8. The lowest BCUT2D eigenvalue weighted by molar-refractivity contribution is -0.226. The average Bonchev–Trinajstić information content (AvgIpc) is 3.11. The molecule has 0 radical (unpaired) electrons. The molecule has 2 aromatic carbocycles. The standard InChI is InChI=1S/C23H24F3NO5/c24-23(25,26)21(31-14-15-4-2-1-3-5-15)10-11-30-17-7-9-18-16(12-17)6-8-19-20(13-28)32-22(29)27(18)19/h1-5,7,9,12,19-21,28H,6,8,10-11,13-14H2/t19-,20-,21?/m1/s1. The van der Waals surface area contributed by atoms with Crippen LogP contribution in [-0.2, 0) is 22.5 Å². The summed E-state index contributed by atoms with van der Waals surface area (Å²) in [5.41, 5.74) is 2.19. The van der Waals surface area contributed by atoms with E-state index in [4.69, 9.17) is 14.2 Å². The molecule has 0 spiro atoms. The zero-order chi connectivity index (χ0) is 22.7. The molecule has 1 N–H and O–H groups in total. The normalized spacial score (nSPS) is 21.0. The van der Waals surface area contributed by atoms with Crippen LogP contribution in [0.3, 0.4) is 0 Å². The molecule has 2 heterocycles. The molecule has 9 heteroatoms. The molecule has 0 aromatic heterocycles. The van der Waals surface area contributed by atoms with Crippen molar-refractivity contribution in [2.24, 2.45) is 0 Å². The molecule has 0 aliphatic carbocycles. The van der Waals surface area contributed by atoms with E-state index in [0.717, 1.165) is 5.56 Å². The predicted octanol–water partition coefficient (Wildman–Crippen LogP) is 4.24. The maximum atomic E-state index is 13.3. The second kappa shape index (κ2) is 9.38. The van der Waals surface area contributed by atoms with E-state index < -0.39 is 24.5 Å². The van der Waals surface area contributed by atoms with Crippen molar-refractivity contribution >= 4 is 11.8 Å². The number of cyclic esters (lactones) is 1. The monoisotopic (exact) mass is 451 g/mol. The van der Waals surface area contributed by atoms with Gasteiger partial charge in [-0.3, -0.25) is 4.90 Å². The molecule has 6 nitrogen and oxygen atoms in total. The first-order chi connectivity index (χ1) is 15.4. The van der Waals surface area contributed by atoms with Gasteiger partial charge in [-0.25, -0.2) is 4.79 Å². The van der Waals surface area contributed by atoms with Crippen LogP contribution in [0.15, 0.2) is 48.5 Å². The maximum Gasteiger partial charge on any atom is 0.415 e. The van der Waals surface area contributed by atoms with E-state index in [-0.39, 0.29) is 32.3 Å². The molecular formula is C23H24F3NO5. The number of carbonyl (C=O) groups is 1. The van der Waals surface area contributed by atoms with E-state index >= 15 is 0 Å². The Hall–Kier alpha value is -2.78. The van der Waals surface area contributed by atoms with Gasteiger partial charge < -0.3 is 19.3 Å². The van der Waals surface area contributed by atoms with Crippen molar-refractivity contribution < 1.29 is 37.3 Å². The molecule has 3 atom stereocenters. The quantitative estimate of drug-likeness (QED) is 0.651. The minimum Gasteiger partial charge on any atom is -0.493 e. The Balaban J connectivity index is 1.36. The Morgan fingerprint density at radius 3 is 2.69 bits per heavy atom. The highest BCUT2D eigenvalue weighted by molar-refractivity contribution is 5.92. The molecule has 4 rings (SSSR count). The number of nitrogens with zero attached hydrogens (tertiary/aromatic N) is 1. The van der Waals surface area contributed by atoms with Crippen LogP contribution in [0.4, 0.5) is 23.7 Å². The predicted molar refractivity (Wildman–Crippen MR) is 110 cm³/mol. The van der Waals surface area contributed by atoms with Crippen LogP contribution >= 0.6 is 0 Å². The first kappa shape index (κ1) is 22.4. The van der Waals surface area contributed by atoms with Gasteiger partial charge in [-0.05, 0) is 42.2 Å². The molecule has 1 saturated heterocycles. The fraction of sp³-hybridized carbons (Fsp3) is 0.435. The number of alkyl halides is 3. The first-order valence-corrected chi connectivity index (χ1v) is 10.5. The number of ether oxygens (including phenoxy) is 3. The summed E-state index contributed by atoms with van der Waals surface area (Å²) < 4.78 is 55.9. The van der Waals surface area contributed by atoms with Crippen molar-refractivity contribution in [2.75, 3.05) is 18.1 Å². The number of halogens is 3. The Labute approximate surface area is 183 Å². The van der Waals surface area contributed by atoms with Crippen molar-refractivity contribution in [1.82, 2.24) is 0 Å². The Morgan fingerprint density at radius 2 is 1.97 bits per heavy atom. The summed E-state index contributed by atoms with van der Waals surface area (Å²) >= 11 is 0. The van der Waals surface area contributed by atoms with Crippen molar-refractivity contribution in [2.45, 2.75) is 50.3 Å². The molecule has 172 valence electrons. The van der Waals surface area contributed by atoms with Crippen molar-refractivity contribution in [3.05, 3.63) is 59.7 Å². The van der Waals surface area contributed by atoms with Crippen LogP contribution in [0.5, 0.6) is 5.75 Å². The fourth-order valence-corrected chi connectivity index (χ4v) is 4.10. The van der Waals surface area contributed by atoms with Gasteiger partial charge in [0, 0.05) is 6.42 Å². The number of hydrogen-bond acceptors (Lipinski definition) is 5. The van der Waals surface area contributed by atoms with Gasteiger partial charge in [0.15, 0.2) is 6.10 Å². The highest BCUT2D eigenvalue weighted by Crippen LogP contribution is 2.38. The summed E-state index contributed by atoms with van der Waals surface area (Å²) in [5.74, 6) is 0.428. The van der Waals surface area contributed by atoms with E-state index in [1.807, 2.05) is 0 Å². The van der Waals surface area contributed by atoms with Crippen LogP contribution in [0.25, 0.3) is 0 Å². The third kappa shape index (κ3) is 4.83. The number of carbonyl (C=O) groups excluding carboxylic acids is 1. The Kier molecular flexibility index (Phi) is 6.57. The molecule has 32 heavy (non-hydrogen) atoms. The summed E-state index contributed by atoms with van der Waals surface area (Å²) in [4.78, 5) is 13.7. The van der Waals surface area contributed by atoms with Crippen LogP contribution in [0.2, 0.25) is 0 Å². The molecule has 2 aliphatic heterocycles. The van der Waals surface area contributed by atoms with Crippen LogP contribution in [0, 0.1) is 0 Å². The lowest BCUT2D eigenvalue weighted by Gasteiger charge is -2.31. The van der Waals surface area contributed by atoms with Crippen LogP contribution < -0.4 is 9.64 Å². The molecule has 0 bridgehead atoms. The number of aliphatic hydroxyl groups is 1. The van der Waals surface area contributed by atoms with Gasteiger partial charge in [-0.15, -0.1) is 0 Å². The van der Waals surface area contributed by atoms with E-state index in [1.54, 1.807) is 48.5 Å². The number of amides is 1. The number of anilines is 1. The number of hydrogen-bond donors (Lipinski definition) is 1. The summed E-state index contributed by atoms with van der Waals surface area (Å²) in [7, 11) is 0. The van der Waals surface area contributed by atoms with Gasteiger partial charge in [0.25, 0.3) is 0 Å². The van der Waals surface area contributed by atoms with E-state index in [2.05, 4.69) is 0 Å². The third-order valence-electron chi connectivity index (χ3n) is 5.72. The highest BCUT2D eigenvalue weighted by atomic mass is 19.4. The second-order valence-electron chi connectivity index (χ2n) is 7.84. The second-order valence-corrected chi connectivity index (χ2v) is 7.84. The van der Waals surface area contributed by atoms with Crippen molar-refractivity contribution in [3.63, 3.8) is 0 Å². The van der Waals surface area contributed by atoms with Crippen LogP contribution in [0.1, 0.15) is 24.0 Å². The van der Waals surface area contributed by atoms with E-state index in [0.29, 0.717) is 29.8 Å². The molecular weight excluding hydrogens is 427 g/mol. The zero-order valence-corrected chi connectivity index (χ0v) is 17.3. The van der Waals surface area contributed by atoms with Gasteiger partial charge in [0.1, 0.15) is 11.9 Å². The third-order valence-corrected chi connectivity index (χ3v) is 5.72. The van der Waals surface area contributed by atoms with Gasteiger partial charge >= 0.3 is 12.3 Å². The molecule has 1 amide bonds. The number of fused-ring (bicyclic) bond motifs is 3. The summed E-state index contributed by atoms with van der Waals surface area (Å²) in [6.45, 7) is -0.541. The number of aliphatic hydroxyl groups excluding tert-OH is 1. The SMILES string of the molecule is O=C1O[C@H](CO)[C@H]2CCc3cc(OCCC(OCc4ccccc4)C(F)(F)F)ccc3N12. The lowest BCUT2D eigenvalue weighted by Crippen LogP contribution is -2.41. The zero-order valence-electron chi connectivity index (χ0n) is 17.3. The summed E-state index contributed by atoms with van der Waals surface area (Å²) in [6, 6.07) is 13.5. The van der Waals surface area contributed by atoms with Gasteiger partial charge in [0.05, 0.1) is 31.5 Å². The molecule has 1 fully saturated rings. The number of benzene rings is 2. The van der Waals surface area contributed by atoms with E-state index in [1.165, 1.54) is 4.90 Å². The van der Waals surface area contributed by atoms with E-state index in [9.17, 15) is 23.1 Å². The Bertz CT molecular complexity index is 937. The molecule has 2 aromatic rings. The maximum absolute atomic E-state index is 13.3. The molecule has 2 aliphatic rings. The minimum atomic E-state index is -4.50. The van der Waals surface area contributed by atoms with Gasteiger partial charge in [0.2, 0.25) is 0 Å². The largest absolute Gasteiger partial charge is 0.493 e. The van der Waals surface area contributed by atoms with Crippen molar-refractivity contribution in [1.29, 1.82) is 0 Å².